The van der Waals surface area contributed by atoms with E-state index in [1.165, 1.54) is 10.5 Å². The van der Waals surface area contributed by atoms with Gasteiger partial charge in [0.2, 0.25) is 0 Å². The number of hydrogen-bond acceptors (Lipinski definition) is 4. The molecule has 0 atom stereocenters. The fraction of sp³-hybridized carbons (Fsp3) is 0.400. The van der Waals surface area contributed by atoms with Crippen molar-refractivity contribution < 1.29 is 9.53 Å². The van der Waals surface area contributed by atoms with E-state index < -0.39 is 11.7 Å². The fourth-order valence-corrected chi connectivity index (χ4v) is 2.74. The van der Waals surface area contributed by atoms with Crippen LogP contribution in [0.2, 0.25) is 0 Å². The largest absolute Gasteiger partial charge is 0.444 e. The second kappa shape index (κ2) is 5.71. The van der Waals surface area contributed by atoms with Gasteiger partial charge in [0, 0.05) is 10.6 Å². The average molecular weight is 292 g/mol. The summed E-state index contributed by atoms with van der Waals surface area (Å²) >= 11 is 1.70. The number of thiophene rings is 1. The Bertz CT molecular complexity index is 551. The predicted octanol–water partition coefficient (Wildman–Crippen LogP) is 3.62. The number of rotatable bonds is 2. The van der Waals surface area contributed by atoms with Crippen molar-refractivity contribution in [1.82, 2.24) is 5.32 Å². The highest BCUT2D eigenvalue weighted by Crippen LogP contribution is 2.30. The molecule has 1 heterocycles. The molecule has 0 unspecified atom stereocenters. The first-order valence-electron chi connectivity index (χ1n) is 6.58. The first-order chi connectivity index (χ1) is 9.35. The lowest BCUT2D eigenvalue weighted by molar-refractivity contribution is 0.0543. The highest BCUT2D eigenvalue weighted by molar-refractivity contribution is 7.11. The Morgan fingerprint density at radius 2 is 2.15 bits per heavy atom. The molecule has 0 aromatic carbocycles. The van der Waals surface area contributed by atoms with Crippen LogP contribution in [0.1, 0.15) is 38.5 Å². The van der Waals surface area contributed by atoms with Gasteiger partial charge in [-0.2, -0.15) is 0 Å². The van der Waals surface area contributed by atoms with Crippen LogP contribution in [-0.2, 0) is 4.74 Å². The molecule has 0 radical (unpaired) electrons. The summed E-state index contributed by atoms with van der Waals surface area (Å²) < 4.78 is 5.23. The summed E-state index contributed by atoms with van der Waals surface area (Å²) in [4.78, 5) is 13.0. The minimum atomic E-state index is -0.508. The van der Waals surface area contributed by atoms with Crippen LogP contribution >= 0.6 is 11.3 Å². The molecule has 20 heavy (non-hydrogen) atoms. The van der Waals surface area contributed by atoms with Crippen LogP contribution in [0.4, 0.5) is 4.79 Å². The third-order valence-corrected chi connectivity index (χ3v) is 3.76. The normalized spacial score (nSPS) is 15.8. The summed E-state index contributed by atoms with van der Waals surface area (Å²) in [5.41, 5.74) is 8.07. The van der Waals surface area contributed by atoms with Crippen LogP contribution in [0.3, 0.4) is 0 Å². The van der Waals surface area contributed by atoms with Gasteiger partial charge in [-0.3, -0.25) is 5.32 Å². The van der Waals surface area contributed by atoms with Gasteiger partial charge in [-0.1, -0.05) is 6.07 Å². The van der Waals surface area contributed by atoms with Crippen molar-refractivity contribution in [2.24, 2.45) is 5.73 Å². The topological polar surface area (TPSA) is 64.3 Å². The van der Waals surface area contributed by atoms with E-state index in [0.717, 1.165) is 18.5 Å². The van der Waals surface area contributed by atoms with Crippen LogP contribution in [0.15, 0.2) is 35.0 Å². The van der Waals surface area contributed by atoms with E-state index in [0.29, 0.717) is 5.70 Å². The molecule has 0 spiro atoms. The monoisotopic (exact) mass is 292 g/mol. The van der Waals surface area contributed by atoms with Gasteiger partial charge in [-0.15, -0.1) is 11.3 Å². The first kappa shape index (κ1) is 14.7. The molecule has 4 nitrogen and oxygen atoms in total. The molecule has 1 amide bonds. The lowest BCUT2D eigenvalue weighted by atomic mass is 9.99. The van der Waals surface area contributed by atoms with Gasteiger partial charge in [-0.05, 0) is 56.7 Å². The number of alkyl carbamates (subject to hydrolysis) is 1. The minimum absolute atomic E-state index is 0.455. The second-order valence-corrected chi connectivity index (χ2v) is 6.66. The standard InChI is InChI=1S/C15H20N2O2S/c1-15(2,3)19-14(18)17-12-7-6-10(9-11(12)16)13-5-4-8-20-13/h4-5,8-9H,6-7,16H2,1-3H3,(H,17,18). The van der Waals surface area contributed by atoms with Crippen molar-refractivity contribution in [3.8, 4) is 0 Å². The van der Waals surface area contributed by atoms with Gasteiger partial charge in [-0.25, -0.2) is 4.79 Å². The number of carbonyl (C=O) groups is 1. The molecule has 1 aromatic heterocycles. The van der Waals surface area contributed by atoms with E-state index in [-0.39, 0.29) is 0 Å². The zero-order chi connectivity index (χ0) is 14.8. The minimum Gasteiger partial charge on any atom is -0.444 e. The van der Waals surface area contributed by atoms with Crippen molar-refractivity contribution in [1.29, 1.82) is 0 Å². The number of hydrogen-bond donors (Lipinski definition) is 2. The molecule has 1 aliphatic rings. The SMILES string of the molecule is CC(C)(C)OC(=O)NC1=C(N)C=C(c2cccs2)CC1. The Labute approximate surface area is 123 Å². The summed E-state index contributed by atoms with van der Waals surface area (Å²) in [5.74, 6) is 0. The van der Waals surface area contributed by atoms with E-state index in [2.05, 4.69) is 11.4 Å². The molecule has 0 fully saturated rings. The lowest BCUT2D eigenvalue weighted by Gasteiger charge is -2.22. The van der Waals surface area contributed by atoms with E-state index in [4.69, 9.17) is 10.5 Å². The zero-order valence-corrected chi connectivity index (χ0v) is 12.8. The van der Waals surface area contributed by atoms with Crippen LogP contribution < -0.4 is 11.1 Å². The van der Waals surface area contributed by atoms with E-state index in [1.807, 2.05) is 38.3 Å². The van der Waals surface area contributed by atoms with Crippen molar-refractivity contribution in [3.05, 3.63) is 39.9 Å². The number of nitrogens with one attached hydrogen (secondary N) is 1. The average Bonchev–Trinajstić information content (AvgIpc) is 2.82. The number of nitrogens with two attached hydrogens (primary N) is 1. The summed E-state index contributed by atoms with van der Waals surface area (Å²) in [6.07, 6.45) is 3.06. The molecule has 0 bridgehead atoms. The first-order valence-corrected chi connectivity index (χ1v) is 7.46. The Balaban J connectivity index is 2.07. The third-order valence-electron chi connectivity index (χ3n) is 2.81. The van der Waals surface area contributed by atoms with Gasteiger partial charge in [0.15, 0.2) is 0 Å². The molecule has 1 aromatic rings. The van der Waals surface area contributed by atoms with Crippen LogP contribution in [0.25, 0.3) is 5.57 Å². The van der Waals surface area contributed by atoms with E-state index in [1.54, 1.807) is 11.3 Å². The Morgan fingerprint density at radius 3 is 2.70 bits per heavy atom. The van der Waals surface area contributed by atoms with Gasteiger partial charge >= 0.3 is 6.09 Å². The third kappa shape index (κ3) is 3.87. The van der Waals surface area contributed by atoms with Gasteiger partial charge in [0.05, 0.1) is 5.70 Å². The molecular formula is C15H20N2O2S. The number of amides is 1. The van der Waals surface area contributed by atoms with Gasteiger partial charge in [0.1, 0.15) is 5.60 Å². The van der Waals surface area contributed by atoms with Crippen LogP contribution in [-0.4, -0.2) is 11.7 Å². The maximum Gasteiger partial charge on any atom is 0.411 e. The number of allylic oxidation sites excluding steroid dienone is 3. The summed E-state index contributed by atoms with van der Waals surface area (Å²) in [6.45, 7) is 5.50. The lowest BCUT2D eigenvalue weighted by Crippen LogP contribution is -2.33. The Kier molecular flexibility index (Phi) is 4.18. The molecule has 0 saturated heterocycles. The van der Waals surface area contributed by atoms with Crippen molar-refractivity contribution in [2.75, 3.05) is 0 Å². The van der Waals surface area contributed by atoms with E-state index in [9.17, 15) is 4.79 Å². The van der Waals surface area contributed by atoms with Gasteiger partial charge in [0.25, 0.3) is 0 Å². The molecular weight excluding hydrogens is 272 g/mol. The quantitative estimate of drug-likeness (QED) is 0.875. The summed E-state index contributed by atoms with van der Waals surface area (Å²) in [6, 6.07) is 4.10. The van der Waals surface area contributed by atoms with Crippen LogP contribution in [0.5, 0.6) is 0 Å². The van der Waals surface area contributed by atoms with E-state index >= 15 is 0 Å². The molecule has 2 rings (SSSR count). The highest BCUT2D eigenvalue weighted by Gasteiger charge is 2.20. The number of ether oxygens (including phenoxy) is 1. The number of carbonyl (C=O) groups excluding carboxylic acids is 1. The molecule has 3 N–H and O–H groups in total. The highest BCUT2D eigenvalue weighted by atomic mass is 32.1. The molecule has 0 aliphatic heterocycles. The predicted molar refractivity (Wildman–Crippen MR) is 82.1 cm³/mol. The smallest absolute Gasteiger partial charge is 0.411 e. The fourth-order valence-electron chi connectivity index (χ4n) is 1.97. The van der Waals surface area contributed by atoms with Crippen LogP contribution in [0, 0.1) is 0 Å². The Hall–Kier alpha value is -1.75. The second-order valence-electron chi connectivity index (χ2n) is 5.71. The molecule has 0 saturated carbocycles. The maximum absolute atomic E-state index is 11.7. The Morgan fingerprint density at radius 1 is 1.40 bits per heavy atom. The summed E-state index contributed by atoms with van der Waals surface area (Å²) in [7, 11) is 0. The molecule has 1 aliphatic carbocycles. The molecule has 5 heteroatoms. The molecule has 108 valence electrons. The maximum atomic E-state index is 11.7. The summed E-state index contributed by atoms with van der Waals surface area (Å²) in [5, 5.41) is 4.79. The van der Waals surface area contributed by atoms with Crippen molar-refractivity contribution >= 4 is 23.0 Å². The van der Waals surface area contributed by atoms with Crippen molar-refractivity contribution in [2.45, 2.75) is 39.2 Å². The zero-order valence-electron chi connectivity index (χ0n) is 12.0. The van der Waals surface area contributed by atoms with Crippen molar-refractivity contribution in [3.63, 3.8) is 0 Å². The van der Waals surface area contributed by atoms with Gasteiger partial charge < -0.3 is 10.5 Å².